The van der Waals surface area contributed by atoms with Gasteiger partial charge < -0.3 is 20.5 Å². The Balaban J connectivity index is 4.78. The Morgan fingerprint density at radius 1 is 0.885 bits per heavy atom. The van der Waals surface area contributed by atoms with E-state index in [2.05, 4.69) is 10.6 Å². The van der Waals surface area contributed by atoms with Crippen molar-refractivity contribution in [3.63, 3.8) is 0 Å². The summed E-state index contributed by atoms with van der Waals surface area (Å²) in [5, 5.41) is 14.3. The van der Waals surface area contributed by atoms with E-state index in [-0.39, 0.29) is 42.3 Å². The van der Waals surface area contributed by atoms with Gasteiger partial charge in [0.05, 0.1) is 6.04 Å². The largest absolute Gasteiger partial charge is 0.478 e. The molecule has 3 N–H and O–H groups in total. The van der Waals surface area contributed by atoms with Crippen molar-refractivity contribution in [2.75, 3.05) is 6.61 Å². The number of nitrogens with one attached hydrogen (secondary N) is 2. The first-order valence-corrected chi connectivity index (χ1v) is 8.65. The van der Waals surface area contributed by atoms with Crippen LogP contribution < -0.4 is 10.6 Å². The number of carboxylic acids is 1. The average molecular weight is 370 g/mol. The van der Waals surface area contributed by atoms with E-state index < -0.39 is 24.0 Å². The number of carbonyl (C=O) groups excluding carboxylic acids is 3. The van der Waals surface area contributed by atoms with Gasteiger partial charge in [-0.2, -0.15) is 0 Å². The van der Waals surface area contributed by atoms with Crippen molar-refractivity contribution in [1.82, 2.24) is 10.6 Å². The number of carbonyl (C=O) groups is 4. The van der Waals surface area contributed by atoms with Crippen LogP contribution in [0.15, 0.2) is 11.6 Å². The molecule has 0 saturated carbocycles. The van der Waals surface area contributed by atoms with Crippen LogP contribution in [0.5, 0.6) is 0 Å². The number of ether oxygens (including phenoxy) is 1. The molecule has 0 aliphatic carbocycles. The van der Waals surface area contributed by atoms with E-state index in [4.69, 9.17) is 9.84 Å². The standard InChI is InChI=1S/C18H30N2O6/c1-10(2)16(23)19-12(5)7-14(8-15(21)22)18(25)26-9-13(6)20-17(24)11(3)4/h8,10-13H,7,9H2,1-6H3,(H,19,23)(H,20,24)(H,21,22)/t12-,13-/m0/s1. The van der Waals surface area contributed by atoms with E-state index in [1.54, 1.807) is 41.5 Å². The predicted octanol–water partition coefficient (Wildman–Crippen LogP) is 1.25. The van der Waals surface area contributed by atoms with E-state index in [0.717, 1.165) is 6.08 Å². The minimum atomic E-state index is -1.28. The number of carboxylic acid groups (broad SMARTS) is 1. The first-order valence-electron chi connectivity index (χ1n) is 8.65. The Labute approximate surface area is 154 Å². The summed E-state index contributed by atoms with van der Waals surface area (Å²) >= 11 is 0. The number of amides is 2. The summed E-state index contributed by atoms with van der Waals surface area (Å²) in [4.78, 5) is 46.4. The van der Waals surface area contributed by atoms with Crippen LogP contribution in [0.3, 0.4) is 0 Å². The van der Waals surface area contributed by atoms with Crippen LogP contribution in [0.4, 0.5) is 0 Å². The Morgan fingerprint density at radius 3 is 1.77 bits per heavy atom. The lowest BCUT2D eigenvalue weighted by Crippen LogP contribution is -2.39. The summed E-state index contributed by atoms with van der Waals surface area (Å²) in [5.74, 6) is -2.84. The van der Waals surface area contributed by atoms with Gasteiger partial charge in [-0.25, -0.2) is 9.59 Å². The quantitative estimate of drug-likeness (QED) is 0.393. The smallest absolute Gasteiger partial charge is 0.334 e. The number of hydrogen-bond acceptors (Lipinski definition) is 5. The Hall–Kier alpha value is -2.38. The lowest BCUT2D eigenvalue weighted by Gasteiger charge is -2.18. The van der Waals surface area contributed by atoms with Gasteiger partial charge in [-0.1, -0.05) is 27.7 Å². The molecule has 2 amide bonds. The zero-order chi connectivity index (χ0) is 20.4. The third kappa shape index (κ3) is 9.80. The fourth-order valence-corrected chi connectivity index (χ4v) is 1.89. The fourth-order valence-electron chi connectivity index (χ4n) is 1.89. The van der Waals surface area contributed by atoms with Crippen molar-refractivity contribution in [2.45, 2.75) is 60.0 Å². The van der Waals surface area contributed by atoms with Crippen LogP contribution in [0.1, 0.15) is 48.0 Å². The highest BCUT2D eigenvalue weighted by Crippen LogP contribution is 2.10. The second-order valence-corrected chi connectivity index (χ2v) is 6.94. The van der Waals surface area contributed by atoms with Gasteiger partial charge in [0.15, 0.2) is 0 Å². The molecule has 0 heterocycles. The molecule has 0 aliphatic heterocycles. The Kier molecular flexibility index (Phi) is 10.2. The van der Waals surface area contributed by atoms with E-state index in [1.807, 2.05) is 0 Å². The van der Waals surface area contributed by atoms with Crippen LogP contribution in [0.25, 0.3) is 0 Å². The van der Waals surface area contributed by atoms with E-state index in [0.29, 0.717) is 0 Å². The molecular weight excluding hydrogens is 340 g/mol. The fraction of sp³-hybridized carbons (Fsp3) is 0.667. The van der Waals surface area contributed by atoms with Crippen molar-refractivity contribution >= 4 is 23.8 Å². The van der Waals surface area contributed by atoms with Crippen molar-refractivity contribution in [3.05, 3.63) is 11.6 Å². The molecule has 0 unspecified atom stereocenters. The highest BCUT2D eigenvalue weighted by Gasteiger charge is 2.20. The first-order chi connectivity index (χ1) is 11.9. The van der Waals surface area contributed by atoms with Gasteiger partial charge in [0, 0.05) is 29.5 Å². The van der Waals surface area contributed by atoms with E-state index in [9.17, 15) is 19.2 Å². The molecule has 2 atom stereocenters. The summed E-state index contributed by atoms with van der Waals surface area (Å²) in [5.41, 5.74) is -0.0588. The molecule has 8 nitrogen and oxygen atoms in total. The summed E-state index contributed by atoms with van der Waals surface area (Å²) in [6.07, 6.45) is 0.800. The molecule has 26 heavy (non-hydrogen) atoms. The highest BCUT2D eigenvalue weighted by molar-refractivity contribution is 5.95. The van der Waals surface area contributed by atoms with E-state index >= 15 is 0 Å². The van der Waals surface area contributed by atoms with E-state index in [1.165, 1.54) is 0 Å². The van der Waals surface area contributed by atoms with Gasteiger partial charge in [-0.3, -0.25) is 9.59 Å². The molecule has 0 saturated heterocycles. The summed E-state index contributed by atoms with van der Waals surface area (Å²) in [6, 6.07) is -0.834. The molecule has 0 aliphatic rings. The average Bonchev–Trinajstić information content (AvgIpc) is 2.50. The van der Waals surface area contributed by atoms with Crippen molar-refractivity contribution in [3.8, 4) is 0 Å². The molecule has 148 valence electrons. The molecule has 0 radical (unpaired) electrons. The molecule has 0 aromatic heterocycles. The van der Waals surface area contributed by atoms with Crippen molar-refractivity contribution in [1.29, 1.82) is 0 Å². The number of esters is 1. The highest BCUT2D eigenvalue weighted by atomic mass is 16.5. The van der Waals surface area contributed by atoms with Gasteiger partial charge in [-0.05, 0) is 20.3 Å². The van der Waals surface area contributed by atoms with Crippen LogP contribution >= 0.6 is 0 Å². The minimum Gasteiger partial charge on any atom is -0.478 e. The number of aliphatic carboxylic acids is 1. The first kappa shape index (κ1) is 23.6. The number of hydrogen-bond donors (Lipinski definition) is 3. The predicted molar refractivity (Wildman–Crippen MR) is 96.2 cm³/mol. The number of rotatable bonds is 10. The lowest BCUT2D eigenvalue weighted by atomic mass is 10.1. The second kappa shape index (κ2) is 11.3. The van der Waals surface area contributed by atoms with Crippen LogP contribution in [-0.4, -0.2) is 47.6 Å². The zero-order valence-electron chi connectivity index (χ0n) is 16.3. The second-order valence-electron chi connectivity index (χ2n) is 6.94. The maximum Gasteiger partial charge on any atom is 0.334 e. The normalized spacial score (nSPS) is 13.9. The van der Waals surface area contributed by atoms with Gasteiger partial charge >= 0.3 is 11.9 Å². The lowest BCUT2D eigenvalue weighted by molar-refractivity contribution is -0.141. The summed E-state index contributed by atoms with van der Waals surface area (Å²) in [6.45, 7) is 10.2. The topological polar surface area (TPSA) is 122 Å². The molecule has 8 heteroatoms. The minimum absolute atomic E-state index is 0.0241. The maximum absolute atomic E-state index is 12.2. The third-order valence-electron chi connectivity index (χ3n) is 3.38. The third-order valence-corrected chi connectivity index (χ3v) is 3.38. The molecule has 0 spiro atoms. The van der Waals surface area contributed by atoms with Crippen molar-refractivity contribution in [2.24, 2.45) is 11.8 Å². The van der Waals surface area contributed by atoms with Crippen LogP contribution in [0, 0.1) is 11.8 Å². The molecule has 0 fully saturated rings. The van der Waals surface area contributed by atoms with Gasteiger partial charge in [0.2, 0.25) is 11.8 Å². The summed E-state index contributed by atoms with van der Waals surface area (Å²) in [7, 11) is 0. The monoisotopic (exact) mass is 370 g/mol. The van der Waals surface area contributed by atoms with Crippen molar-refractivity contribution < 1.29 is 29.0 Å². The molecule has 0 rings (SSSR count). The zero-order valence-corrected chi connectivity index (χ0v) is 16.3. The van der Waals surface area contributed by atoms with Crippen LogP contribution in [0.2, 0.25) is 0 Å². The maximum atomic E-state index is 12.2. The Morgan fingerprint density at radius 2 is 1.35 bits per heavy atom. The van der Waals surface area contributed by atoms with Gasteiger partial charge in [0.25, 0.3) is 0 Å². The Bertz CT molecular complexity index is 554. The molecule has 0 aromatic carbocycles. The van der Waals surface area contributed by atoms with Gasteiger partial charge in [0.1, 0.15) is 6.61 Å². The van der Waals surface area contributed by atoms with Gasteiger partial charge in [-0.15, -0.1) is 0 Å². The molecule has 0 aromatic rings. The molecule has 0 bridgehead atoms. The SMILES string of the molecule is CC(C)C(=O)N[C@@H](C)COC(=O)C(=CC(=O)O)C[C@H](C)NC(=O)C(C)C. The summed E-state index contributed by atoms with van der Waals surface area (Å²) < 4.78 is 5.10. The van der Waals surface area contributed by atoms with Crippen LogP contribution in [-0.2, 0) is 23.9 Å². The molecular formula is C18H30N2O6.